The number of amides is 2. The van der Waals surface area contributed by atoms with Crippen LogP contribution in [0.4, 0.5) is 5.69 Å². The zero-order valence-electron chi connectivity index (χ0n) is 19.5. The highest BCUT2D eigenvalue weighted by molar-refractivity contribution is 7.92. The molecule has 0 spiro atoms. The van der Waals surface area contributed by atoms with Crippen LogP contribution in [-0.4, -0.2) is 51.0 Å². The van der Waals surface area contributed by atoms with Crippen LogP contribution in [0.15, 0.2) is 48.5 Å². The van der Waals surface area contributed by atoms with E-state index < -0.39 is 16.1 Å². The predicted octanol–water partition coefficient (Wildman–Crippen LogP) is 3.75. The molecule has 1 atom stereocenters. The number of carbonyl (C=O) groups excluding carboxylic acids is 2. The third kappa shape index (κ3) is 7.20. The lowest BCUT2D eigenvalue weighted by atomic mass is 10.1. The van der Waals surface area contributed by atoms with Crippen molar-refractivity contribution < 1.29 is 18.0 Å². The molecular formula is C24H32ClN3O4S. The van der Waals surface area contributed by atoms with Crippen molar-refractivity contribution in [3.63, 3.8) is 0 Å². The number of carbonyl (C=O) groups is 2. The molecule has 180 valence electrons. The molecule has 2 aromatic rings. The molecule has 33 heavy (non-hydrogen) atoms. The van der Waals surface area contributed by atoms with E-state index >= 15 is 0 Å². The van der Waals surface area contributed by atoms with Gasteiger partial charge in [0.25, 0.3) is 0 Å². The van der Waals surface area contributed by atoms with Crippen molar-refractivity contribution >= 4 is 39.1 Å². The van der Waals surface area contributed by atoms with E-state index in [1.54, 1.807) is 37.1 Å². The second-order valence-corrected chi connectivity index (χ2v) is 10.2. The van der Waals surface area contributed by atoms with Crippen molar-refractivity contribution in [1.82, 2.24) is 10.2 Å². The number of likely N-dealkylation sites (N-methyl/N-ethyl adjacent to an activating group) is 1. The molecule has 0 saturated heterocycles. The van der Waals surface area contributed by atoms with Crippen molar-refractivity contribution in [2.24, 2.45) is 0 Å². The van der Waals surface area contributed by atoms with E-state index in [-0.39, 0.29) is 24.8 Å². The third-order valence-corrected chi connectivity index (χ3v) is 7.08. The fraction of sp³-hybridized carbons (Fsp3) is 0.417. The number of halogens is 1. The first-order valence-corrected chi connectivity index (χ1v) is 13.1. The number of nitrogens with zero attached hydrogens (tertiary/aromatic N) is 2. The minimum Gasteiger partial charge on any atom is -0.357 e. The summed E-state index contributed by atoms with van der Waals surface area (Å²) in [6, 6.07) is 14.0. The van der Waals surface area contributed by atoms with Gasteiger partial charge in [0, 0.05) is 31.6 Å². The molecule has 0 heterocycles. The molecule has 0 aliphatic rings. The fourth-order valence-corrected chi connectivity index (χ4v) is 4.90. The van der Waals surface area contributed by atoms with E-state index in [1.165, 1.54) is 4.31 Å². The van der Waals surface area contributed by atoms with E-state index in [2.05, 4.69) is 5.32 Å². The quantitative estimate of drug-likeness (QED) is 0.516. The largest absolute Gasteiger partial charge is 0.357 e. The molecule has 7 nitrogen and oxygen atoms in total. The lowest BCUT2D eigenvalue weighted by Crippen LogP contribution is -2.48. The van der Waals surface area contributed by atoms with Crippen LogP contribution in [0.1, 0.15) is 37.3 Å². The van der Waals surface area contributed by atoms with E-state index in [0.717, 1.165) is 11.8 Å². The van der Waals surface area contributed by atoms with Crippen LogP contribution in [0, 0.1) is 6.92 Å². The Balaban J connectivity index is 2.20. The lowest BCUT2D eigenvalue weighted by molar-refractivity contribution is -0.141. The molecular weight excluding hydrogens is 462 g/mol. The van der Waals surface area contributed by atoms with Gasteiger partial charge in [-0.2, -0.15) is 0 Å². The number of nitrogens with one attached hydrogen (secondary N) is 1. The average molecular weight is 494 g/mol. The number of hydrogen-bond donors (Lipinski definition) is 1. The molecule has 0 aliphatic heterocycles. The molecule has 1 N–H and O–H groups in total. The first kappa shape index (κ1) is 26.7. The Labute approximate surface area is 201 Å². The maximum Gasteiger partial charge on any atom is 0.242 e. The Morgan fingerprint density at radius 2 is 1.76 bits per heavy atom. The predicted molar refractivity (Wildman–Crippen MR) is 133 cm³/mol. The van der Waals surface area contributed by atoms with Gasteiger partial charge in [-0.1, -0.05) is 54.9 Å². The summed E-state index contributed by atoms with van der Waals surface area (Å²) in [5.74, 6) is -0.431. The van der Waals surface area contributed by atoms with Gasteiger partial charge in [0.05, 0.1) is 11.9 Å². The van der Waals surface area contributed by atoms with Crippen LogP contribution in [0.5, 0.6) is 0 Å². The fourth-order valence-electron chi connectivity index (χ4n) is 3.71. The Hall–Kier alpha value is -2.58. The second-order valence-electron chi connectivity index (χ2n) is 7.87. The summed E-state index contributed by atoms with van der Waals surface area (Å²) in [6.07, 6.45) is 2.00. The van der Waals surface area contributed by atoms with Gasteiger partial charge < -0.3 is 10.2 Å². The highest BCUT2D eigenvalue weighted by atomic mass is 35.5. The van der Waals surface area contributed by atoms with E-state index in [1.807, 2.05) is 37.3 Å². The molecule has 0 fully saturated rings. The molecule has 0 aromatic heterocycles. The minimum absolute atomic E-state index is 0.103. The van der Waals surface area contributed by atoms with Gasteiger partial charge in [-0.05, 0) is 43.0 Å². The minimum atomic E-state index is -3.58. The molecule has 0 saturated carbocycles. The molecule has 2 amide bonds. The van der Waals surface area contributed by atoms with E-state index in [4.69, 9.17) is 11.6 Å². The van der Waals surface area contributed by atoms with E-state index in [9.17, 15) is 18.0 Å². The standard InChI is InChI=1S/C24H32ClN3O4S/c1-5-21(24(30)26-3)27(17-19-11-7-6-8-12-19)23(29)15-10-16-28(33(4,31)32)22-14-9-13-20(25)18(22)2/h6-9,11-14,21H,5,10,15-17H2,1-4H3,(H,26,30)/t21-/m1/s1. The van der Waals surface area contributed by atoms with Crippen molar-refractivity contribution in [1.29, 1.82) is 0 Å². The molecule has 0 bridgehead atoms. The maximum atomic E-state index is 13.2. The van der Waals surface area contributed by atoms with Crippen LogP contribution in [0.3, 0.4) is 0 Å². The summed E-state index contributed by atoms with van der Waals surface area (Å²) in [6.45, 7) is 4.05. The number of sulfonamides is 1. The highest BCUT2D eigenvalue weighted by Crippen LogP contribution is 2.28. The van der Waals surface area contributed by atoms with Gasteiger partial charge in [-0.3, -0.25) is 13.9 Å². The molecule has 0 aliphatic carbocycles. The van der Waals surface area contributed by atoms with Crippen molar-refractivity contribution in [2.75, 3.05) is 24.2 Å². The highest BCUT2D eigenvalue weighted by Gasteiger charge is 2.28. The average Bonchev–Trinajstić information content (AvgIpc) is 2.78. The number of anilines is 1. The zero-order chi connectivity index (χ0) is 24.6. The first-order chi connectivity index (χ1) is 15.6. The van der Waals surface area contributed by atoms with Crippen LogP contribution in [-0.2, 0) is 26.2 Å². The third-order valence-electron chi connectivity index (χ3n) is 5.49. The lowest BCUT2D eigenvalue weighted by Gasteiger charge is -2.31. The monoisotopic (exact) mass is 493 g/mol. The van der Waals surface area contributed by atoms with Gasteiger partial charge in [0.15, 0.2) is 0 Å². The smallest absolute Gasteiger partial charge is 0.242 e. The molecule has 0 unspecified atom stereocenters. The van der Waals surface area contributed by atoms with Crippen molar-refractivity contribution in [3.05, 3.63) is 64.7 Å². The summed E-state index contributed by atoms with van der Waals surface area (Å²) in [7, 11) is -2.03. The zero-order valence-corrected chi connectivity index (χ0v) is 21.1. The van der Waals surface area contributed by atoms with Crippen LogP contribution in [0.25, 0.3) is 0 Å². The summed E-state index contributed by atoms with van der Waals surface area (Å²) < 4.78 is 26.2. The van der Waals surface area contributed by atoms with Crippen LogP contribution >= 0.6 is 11.6 Å². The summed E-state index contributed by atoms with van der Waals surface area (Å²) >= 11 is 6.19. The normalized spacial score (nSPS) is 12.2. The Kier molecular flexibility index (Phi) is 9.73. The number of rotatable bonds is 11. The Morgan fingerprint density at radius 1 is 1.09 bits per heavy atom. The summed E-state index contributed by atoms with van der Waals surface area (Å²) in [4.78, 5) is 27.2. The van der Waals surface area contributed by atoms with Gasteiger partial charge in [-0.25, -0.2) is 8.42 Å². The first-order valence-electron chi connectivity index (χ1n) is 10.9. The summed E-state index contributed by atoms with van der Waals surface area (Å²) in [5.41, 5.74) is 2.07. The maximum absolute atomic E-state index is 13.2. The summed E-state index contributed by atoms with van der Waals surface area (Å²) in [5, 5.41) is 3.11. The van der Waals surface area contributed by atoms with Gasteiger partial charge in [0.2, 0.25) is 21.8 Å². The molecule has 2 aromatic carbocycles. The topological polar surface area (TPSA) is 86.8 Å². The molecule has 2 rings (SSSR count). The van der Waals surface area contributed by atoms with Gasteiger partial charge >= 0.3 is 0 Å². The SMILES string of the molecule is CC[C@H](C(=O)NC)N(Cc1ccccc1)C(=O)CCCN(c1cccc(Cl)c1C)S(C)(=O)=O. The molecule has 9 heteroatoms. The second kappa shape index (κ2) is 12.0. The van der Waals surface area contributed by atoms with E-state index in [0.29, 0.717) is 35.7 Å². The van der Waals surface area contributed by atoms with Crippen molar-refractivity contribution in [3.8, 4) is 0 Å². The molecule has 0 radical (unpaired) electrons. The van der Waals surface area contributed by atoms with Crippen LogP contribution < -0.4 is 9.62 Å². The number of hydrogen-bond acceptors (Lipinski definition) is 4. The van der Waals surface area contributed by atoms with Crippen molar-refractivity contribution in [2.45, 2.75) is 45.7 Å². The Bertz CT molecular complexity index is 1060. The van der Waals surface area contributed by atoms with Gasteiger partial charge in [-0.15, -0.1) is 0 Å². The van der Waals surface area contributed by atoms with Crippen LogP contribution in [0.2, 0.25) is 5.02 Å². The Morgan fingerprint density at radius 3 is 2.33 bits per heavy atom. The van der Waals surface area contributed by atoms with Gasteiger partial charge in [0.1, 0.15) is 6.04 Å². The number of benzene rings is 2.